The van der Waals surface area contributed by atoms with Gasteiger partial charge >= 0.3 is 6.18 Å². The van der Waals surface area contributed by atoms with E-state index in [4.69, 9.17) is 5.11 Å². The first-order valence-corrected chi connectivity index (χ1v) is 4.73. The lowest BCUT2D eigenvalue weighted by Gasteiger charge is -2.16. The summed E-state index contributed by atoms with van der Waals surface area (Å²) in [4.78, 5) is 0. The molecule has 15 heavy (non-hydrogen) atoms. The lowest BCUT2D eigenvalue weighted by Crippen LogP contribution is -2.19. The Morgan fingerprint density at radius 2 is 1.73 bits per heavy atom. The monoisotopic (exact) mass is 218 g/mol. The molecule has 0 heterocycles. The molecule has 0 bridgehead atoms. The van der Waals surface area contributed by atoms with Crippen LogP contribution in [0.1, 0.15) is 12.0 Å². The third-order valence-corrected chi connectivity index (χ3v) is 2.15. The molecule has 0 aliphatic rings. The summed E-state index contributed by atoms with van der Waals surface area (Å²) in [5.41, 5.74) is 0.820. The van der Waals surface area contributed by atoms with Crippen molar-refractivity contribution >= 4 is 0 Å². The molecule has 0 fully saturated rings. The second-order valence-electron chi connectivity index (χ2n) is 3.56. The molecule has 0 radical (unpaired) electrons. The van der Waals surface area contributed by atoms with Gasteiger partial charge in [-0.25, -0.2) is 0 Å². The molecule has 1 aromatic rings. The number of rotatable bonds is 4. The fourth-order valence-corrected chi connectivity index (χ4v) is 1.48. The summed E-state index contributed by atoms with van der Waals surface area (Å²) < 4.78 is 36.3. The summed E-state index contributed by atoms with van der Waals surface area (Å²) in [6.45, 7) is -0.436. The van der Waals surface area contributed by atoms with Gasteiger partial charge in [-0.05, 0) is 17.9 Å². The van der Waals surface area contributed by atoms with Crippen molar-refractivity contribution in [1.29, 1.82) is 0 Å². The number of aliphatic hydroxyl groups is 1. The predicted molar refractivity (Wildman–Crippen MR) is 51.4 cm³/mol. The summed E-state index contributed by atoms with van der Waals surface area (Å²) in [6.07, 6.45) is -4.88. The average Bonchev–Trinajstić information content (AvgIpc) is 2.16. The minimum atomic E-state index is -4.21. The molecule has 1 rings (SSSR count). The van der Waals surface area contributed by atoms with Crippen LogP contribution in [0.3, 0.4) is 0 Å². The number of halogens is 3. The van der Waals surface area contributed by atoms with E-state index in [0.29, 0.717) is 0 Å². The first-order valence-electron chi connectivity index (χ1n) is 4.73. The van der Waals surface area contributed by atoms with Gasteiger partial charge < -0.3 is 5.11 Å². The third kappa shape index (κ3) is 4.83. The second kappa shape index (κ2) is 5.16. The maximum absolute atomic E-state index is 12.1. The normalized spacial score (nSPS) is 13.9. The van der Waals surface area contributed by atoms with E-state index >= 15 is 0 Å². The molecule has 0 aromatic heterocycles. The molecule has 84 valence electrons. The predicted octanol–water partition coefficient (Wildman–Crippen LogP) is 2.79. The van der Waals surface area contributed by atoms with Crippen LogP contribution in [-0.2, 0) is 6.42 Å². The molecule has 0 spiro atoms. The van der Waals surface area contributed by atoms with E-state index in [0.717, 1.165) is 5.56 Å². The molecular formula is C11H13F3O. The number of benzene rings is 1. The van der Waals surface area contributed by atoms with E-state index in [1.54, 1.807) is 30.3 Å². The summed E-state index contributed by atoms with van der Waals surface area (Å²) in [7, 11) is 0. The molecule has 1 aromatic carbocycles. The summed E-state index contributed by atoms with van der Waals surface area (Å²) in [5, 5.41) is 8.85. The molecule has 0 amide bonds. The Kier molecular flexibility index (Phi) is 4.15. The van der Waals surface area contributed by atoms with Crippen LogP contribution < -0.4 is 0 Å². The molecule has 0 saturated heterocycles. The van der Waals surface area contributed by atoms with Gasteiger partial charge in [-0.3, -0.25) is 0 Å². The van der Waals surface area contributed by atoms with Crippen molar-refractivity contribution in [3.8, 4) is 0 Å². The fourth-order valence-electron chi connectivity index (χ4n) is 1.48. The standard InChI is InChI=1S/C11H13F3O/c12-11(13,14)7-10(8-15)6-9-4-2-1-3-5-9/h1-5,10,15H,6-8H2. The van der Waals surface area contributed by atoms with E-state index < -0.39 is 25.1 Å². The Labute approximate surface area is 86.5 Å². The molecule has 1 unspecified atom stereocenters. The largest absolute Gasteiger partial charge is 0.396 e. The van der Waals surface area contributed by atoms with Crippen molar-refractivity contribution in [2.45, 2.75) is 19.0 Å². The van der Waals surface area contributed by atoms with Gasteiger partial charge in [-0.15, -0.1) is 0 Å². The van der Waals surface area contributed by atoms with Gasteiger partial charge in [0.2, 0.25) is 0 Å². The number of alkyl halides is 3. The van der Waals surface area contributed by atoms with Crippen molar-refractivity contribution in [2.24, 2.45) is 5.92 Å². The van der Waals surface area contributed by atoms with Gasteiger partial charge in [-0.1, -0.05) is 30.3 Å². The van der Waals surface area contributed by atoms with Crippen LogP contribution in [0.2, 0.25) is 0 Å². The van der Waals surface area contributed by atoms with Crippen LogP contribution in [-0.4, -0.2) is 17.9 Å². The Morgan fingerprint density at radius 3 is 2.20 bits per heavy atom. The Balaban J connectivity index is 2.55. The molecule has 1 atom stereocenters. The third-order valence-electron chi connectivity index (χ3n) is 2.15. The lowest BCUT2D eigenvalue weighted by atomic mass is 9.97. The molecule has 1 nitrogen and oxygen atoms in total. The van der Waals surface area contributed by atoms with Crippen LogP contribution in [0.5, 0.6) is 0 Å². The van der Waals surface area contributed by atoms with Gasteiger partial charge in [0, 0.05) is 13.0 Å². The minimum absolute atomic E-state index is 0.261. The van der Waals surface area contributed by atoms with Gasteiger partial charge in [0.1, 0.15) is 0 Å². The molecule has 0 aliphatic heterocycles. The van der Waals surface area contributed by atoms with E-state index in [1.807, 2.05) is 0 Å². The van der Waals surface area contributed by atoms with Crippen LogP contribution in [0.25, 0.3) is 0 Å². The lowest BCUT2D eigenvalue weighted by molar-refractivity contribution is -0.147. The zero-order valence-electron chi connectivity index (χ0n) is 8.17. The highest BCUT2D eigenvalue weighted by Gasteiger charge is 2.31. The van der Waals surface area contributed by atoms with Gasteiger partial charge in [0.15, 0.2) is 0 Å². The summed E-state index contributed by atoms with van der Waals surface area (Å²) in [5.74, 6) is -0.743. The number of aliphatic hydroxyl groups excluding tert-OH is 1. The van der Waals surface area contributed by atoms with Crippen molar-refractivity contribution in [3.63, 3.8) is 0 Å². The first kappa shape index (κ1) is 12.0. The van der Waals surface area contributed by atoms with E-state index in [2.05, 4.69) is 0 Å². The van der Waals surface area contributed by atoms with Crippen LogP contribution in [0.4, 0.5) is 13.2 Å². The second-order valence-corrected chi connectivity index (χ2v) is 3.56. The number of hydrogen-bond acceptors (Lipinski definition) is 1. The van der Waals surface area contributed by atoms with Crippen molar-refractivity contribution < 1.29 is 18.3 Å². The molecule has 1 N–H and O–H groups in total. The van der Waals surface area contributed by atoms with Gasteiger partial charge in [-0.2, -0.15) is 13.2 Å². The van der Waals surface area contributed by atoms with Crippen molar-refractivity contribution in [3.05, 3.63) is 35.9 Å². The maximum Gasteiger partial charge on any atom is 0.389 e. The topological polar surface area (TPSA) is 20.2 Å². The minimum Gasteiger partial charge on any atom is -0.396 e. The molecule has 0 aliphatic carbocycles. The Morgan fingerprint density at radius 1 is 1.13 bits per heavy atom. The van der Waals surface area contributed by atoms with Crippen molar-refractivity contribution in [2.75, 3.05) is 6.61 Å². The van der Waals surface area contributed by atoms with Crippen LogP contribution >= 0.6 is 0 Å². The van der Waals surface area contributed by atoms with Crippen LogP contribution in [0, 0.1) is 5.92 Å². The first-order chi connectivity index (χ1) is 7.01. The molecular weight excluding hydrogens is 205 g/mol. The smallest absolute Gasteiger partial charge is 0.389 e. The fraction of sp³-hybridized carbons (Fsp3) is 0.455. The molecule has 4 heteroatoms. The van der Waals surface area contributed by atoms with Crippen molar-refractivity contribution in [1.82, 2.24) is 0 Å². The highest BCUT2D eigenvalue weighted by atomic mass is 19.4. The van der Waals surface area contributed by atoms with Gasteiger partial charge in [0.25, 0.3) is 0 Å². The summed E-state index contributed by atoms with van der Waals surface area (Å²) >= 11 is 0. The zero-order chi connectivity index (χ0) is 11.3. The quantitative estimate of drug-likeness (QED) is 0.823. The SMILES string of the molecule is OCC(Cc1ccccc1)CC(F)(F)F. The average molecular weight is 218 g/mol. The Bertz CT molecular complexity index is 282. The van der Waals surface area contributed by atoms with E-state index in [-0.39, 0.29) is 6.42 Å². The maximum atomic E-state index is 12.1. The highest BCUT2D eigenvalue weighted by molar-refractivity contribution is 5.15. The number of hydrogen-bond donors (Lipinski definition) is 1. The molecule has 0 saturated carbocycles. The van der Waals surface area contributed by atoms with E-state index in [1.165, 1.54) is 0 Å². The summed E-state index contributed by atoms with van der Waals surface area (Å²) in [6, 6.07) is 8.88. The highest BCUT2D eigenvalue weighted by Crippen LogP contribution is 2.26. The Hall–Kier alpha value is -1.03. The van der Waals surface area contributed by atoms with Crippen LogP contribution in [0.15, 0.2) is 30.3 Å². The zero-order valence-corrected chi connectivity index (χ0v) is 8.17. The van der Waals surface area contributed by atoms with E-state index in [9.17, 15) is 13.2 Å². The van der Waals surface area contributed by atoms with Gasteiger partial charge in [0.05, 0.1) is 0 Å².